The summed E-state index contributed by atoms with van der Waals surface area (Å²) in [6, 6.07) is 3.96. The molecule has 0 heterocycles. The van der Waals surface area contributed by atoms with Gasteiger partial charge in [-0.1, -0.05) is 13.0 Å². The highest BCUT2D eigenvalue weighted by molar-refractivity contribution is 7.79. The predicted octanol–water partition coefficient (Wildman–Crippen LogP) is 1.74. The van der Waals surface area contributed by atoms with E-state index in [1.807, 2.05) is 6.92 Å². The van der Waals surface area contributed by atoms with Gasteiger partial charge in [0, 0.05) is 12.1 Å². The third kappa shape index (κ3) is 2.15. The minimum atomic E-state index is -2.17. The maximum absolute atomic E-state index is 10.8. The smallest absolute Gasteiger partial charge is 0.270 e. The van der Waals surface area contributed by atoms with Crippen molar-refractivity contribution in [3.8, 4) is 0 Å². The highest BCUT2D eigenvalue weighted by Crippen LogP contribution is 2.20. The zero-order valence-electron chi connectivity index (χ0n) is 7.47. The van der Waals surface area contributed by atoms with Gasteiger partial charge in [-0.05, 0) is 12.0 Å². The van der Waals surface area contributed by atoms with Crippen molar-refractivity contribution in [2.24, 2.45) is 0 Å². The molecule has 1 atom stereocenters. The summed E-state index contributed by atoms with van der Waals surface area (Å²) in [6.45, 7) is 1.82. The summed E-state index contributed by atoms with van der Waals surface area (Å²) >= 11 is -2.17. The normalized spacial score (nSPS) is 12.4. The molecule has 6 heteroatoms. The van der Waals surface area contributed by atoms with E-state index >= 15 is 0 Å². The van der Waals surface area contributed by atoms with E-state index < -0.39 is 16.0 Å². The summed E-state index contributed by atoms with van der Waals surface area (Å²) in [6.07, 6.45) is 0.569. The largest absolute Gasteiger partial charge is 0.302 e. The second-order valence-corrected chi connectivity index (χ2v) is 3.59. The number of aryl methyl sites for hydroxylation is 1. The quantitative estimate of drug-likeness (QED) is 0.473. The number of nitrogens with zero attached hydrogens (tertiary/aromatic N) is 1. The van der Waals surface area contributed by atoms with Gasteiger partial charge in [0.2, 0.25) is 0 Å². The average molecular weight is 215 g/mol. The van der Waals surface area contributed by atoms with Gasteiger partial charge in [0.05, 0.1) is 9.82 Å². The molecule has 14 heavy (non-hydrogen) atoms. The first-order valence-corrected chi connectivity index (χ1v) is 5.05. The van der Waals surface area contributed by atoms with E-state index in [-0.39, 0.29) is 10.6 Å². The molecule has 1 N–H and O–H groups in total. The molecule has 0 spiro atoms. The Morgan fingerprint density at radius 1 is 1.57 bits per heavy atom. The Balaban J connectivity index is 3.27. The molecule has 0 amide bonds. The Hall–Kier alpha value is -1.27. The van der Waals surface area contributed by atoms with E-state index in [0.29, 0.717) is 12.0 Å². The molecule has 0 aliphatic rings. The molecular weight excluding hydrogens is 206 g/mol. The molecule has 0 bridgehead atoms. The first kappa shape index (κ1) is 10.8. The number of non-ortho nitro benzene ring substituents is 1. The lowest BCUT2D eigenvalue weighted by Crippen LogP contribution is -1.97. The van der Waals surface area contributed by atoms with E-state index in [0.717, 1.165) is 6.07 Å². The van der Waals surface area contributed by atoms with Crippen LogP contribution < -0.4 is 0 Å². The maximum atomic E-state index is 10.8. The predicted molar refractivity (Wildman–Crippen MR) is 51.5 cm³/mol. The zero-order chi connectivity index (χ0) is 10.7. The molecule has 1 aromatic rings. The standard InChI is InChI=1S/C8H9NO4S/c1-2-6-3-4-7(9(10)11)5-8(6)14(12)13/h3-5H,2H2,1H3,(H,12,13). The van der Waals surface area contributed by atoms with Crippen LogP contribution in [0.5, 0.6) is 0 Å². The average Bonchev–Trinajstić information content (AvgIpc) is 2.16. The van der Waals surface area contributed by atoms with Gasteiger partial charge >= 0.3 is 0 Å². The third-order valence-electron chi connectivity index (χ3n) is 1.83. The van der Waals surface area contributed by atoms with Crippen LogP contribution in [0.4, 0.5) is 5.69 Å². The van der Waals surface area contributed by atoms with Crippen LogP contribution >= 0.6 is 0 Å². The van der Waals surface area contributed by atoms with Crippen LogP contribution in [0.3, 0.4) is 0 Å². The second-order valence-electron chi connectivity index (χ2n) is 2.65. The van der Waals surface area contributed by atoms with Crippen LogP contribution in [-0.4, -0.2) is 13.7 Å². The van der Waals surface area contributed by atoms with Crippen molar-refractivity contribution in [2.45, 2.75) is 18.2 Å². The van der Waals surface area contributed by atoms with E-state index in [4.69, 9.17) is 4.55 Å². The molecule has 5 nitrogen and oxygen atoms in total. The van der Waals surface area contributed by atoms with Crippen LogP contribution in [0, 0.1) is 10.1 Å². The van der Waals surface area contributed by atoms with Gasteiger partial charge in [-0.2, -0.15) is 0 Å². The summed E-state index contributed by atoms with van der Waals surface area (Å²) in [5.74, 6) is 0. The Morgan fingerprint density at radius 2 is 2.21 bits per heavy atom. The number of hydrogen-bond acceptors (Lipinski definition) is 3. The summed E-state index contributed by atoms with van der Waals surface area (Å²) in [4.78, 5) is 9.93. The second kappa shape index (κ2) is 4.30. The van der Waals surface area contributed by atoms with Gasteiger partial charge in [-0.25, -0.2) is 4.21 Å². The summed E-state index contributed by atoms with van der Waals surface area (Å²) in [5.41, 5.74) is 0.482. The minimum absolute atomic E-state index is 0.113. The lowest BCUT2D eigenvalue weighted by Gasteiger charge is -2.02. The van der Waals surface area contributed by atoms with Crippen LogP contribution in [-0.2, 0) is 17.5 Å². The Kier molecular flexibility index (Phi) is 3.32. The van der Waals surface area contributed by atoms with Crippen molar-refractivity contribution in [1.29, 1.82) is 0 Å². The Labute approximate surface area is 83.2 Å². The summed E-state index contributed by atoms with van der Waals surface area (Å²) in [5, 5.41) is 10.4. The topological polar surface area (TPSA) is 80.4 Å². The molecule has 0 fully saturated rings. The van der Waals surface area contributed by atoms with Crippen LogP contribution in [0.15, 0.2) is 23.1 Å². The van der Waals surface area contributed by atoms with Crippen molar-refractivity contribution in [1.82, 2.24) is 0 Å². The fourth-order valence-electron chi connectivity index (χ4n) is 1.11. The first-order chi connectivity index (χ1) is 6.56. The molecule has 1 rings (SSSR count). The van der Waals surface area contributed by atoms with E-state index in [2.05, 4.69) is 0 Å². The Morgan fingerprint density at radius 3 is 2.64 bits per heavy atom. The fraction of sp³-hybridized carbons (Fsp3) is 0.250. The molecule has 1 unspecified atom stereocenters. The van der Waals surface area contributed by atoms with Crippen molar-refractivity contribution in [3.63, 3.8) is 0 Å². The number of benzene rings is 1. The lowest BCUT2D eigenvalue weighted by molar-refractivity contribution is -0.385. The van der Waals surface area contributed by atoms with Crippen LogP contribution in [0.25, 0.3) is 0 Å². The number of hydrogen-bond donors (Lipinski definition) is 1. The van der Waals surface area contributed by atoms with Crippen LogP contribution in [0.1, 0.15) is 12.5 Å². The van der Waals surface area contributed by atoms with Gasteiger partial charge in [-0.3, -0.25) is 10.1 Å². The summed E-state index contributed by atoms with van der Waals surface area (Å²) < 4.78 is 19.7. The molecule has 0 saturated heterocycles. The molecule has 0 aliphatic carbocycles. The van der Waals surface area contributed by atoms with Gasteiger partial charge in [-0.15, -0.1) is 0 Å². The molecule has 0 radical (unpaired) electrons. The molecule has 1 aromatic carbocycles. The maximum Gasteiger partial charge on any atom is 0.270 e. The van der Waals surface area contributed by atoms with Crippen molar-refractivity contribution >= 4 is 16.8 Å². The van der Waals surface area contributed by atoms with E-state index in [1.165, 1.54) is 12.1 Å². The zero-order valence-corrected chi connectivity index (χ0v) is 8.28. The number of nitro groups is 1. The summed E-state index contributed by atoms with van der Waals surface area (Å²) in [7, 11) is 0. The van der Waals surface area contributed by atoms with E-state index in [1.54, 1.807) is 0 Å². The Bertz CT molecular complexity index is 391. The van der Waals surface area contributed by atoms with Gasteiger partial charge in [0.1, 0.15) is 0 Å². The number of nitro benzene ring substituents is 1. The van der Waals surface area contributed by atoms with Crippen molar-refractivity contribution in [2.75, 3.05) is 0 Å². The van der Waals surface area contributed by atoms with E-state index in [9.17, 15) is 14.3 Å². The SMILES string of the molecule is CCc1ccc([N+](=O)[O-])cc1S(=O)O. The van der Waals surface area contributed by atoms with Crippen molar-refractivity contribution in [3.05, 3.63) is 33.9 Å². The van der Waals surface area contributed by atoms with Gasteiger partial charge in [0.25, 0.3) is 5.69 Å². The molecule has 0 saturated carbocycles. The van der Waals surface area contributed by atoms with Gasteiger partial charge in [0.15, 0.2) is 11.1 Å². The first-order valence-electron chi connectivity index (χ1n) is 3.94. The molecule has 76 valence electrons. The van der Waals surface area contributed by atoms with Crippen LogP contribution in [0.2, 0.25) is 0 Å². The monoisotopic (exact) mass is 215 g/mol. The molecule has 0 aromatic heterocycles. The molecular formula is C8H9NO4S. The minimum Gasteiger partial charge on any atom is -0.302 e. The highest BCUT2D eigenvalue weighted by Gasteiger charge is 2.13. The highest BCUT2D eigenvalue weighted by atomic mass is 32.2. The number of rotatable bonds is 3. The lowest BCUT2D eigenvalue weighted by atomic mass is 10.1. The third-order valence-corrected chi connectivity index (χ3v) is 2.59. The van der Waals surface area contributed by atoms with Gasteiger partial charge < -0.3 is 4.55 Å². The molecule has 0 aliphatic heterocycles. The fourth-order valence-corrected chi connectivity index (χ4v) is 1.77. The van der Waals surface area contributed by atoms with Crippen molar-refractivity contribution < 1.29 is 13.7 Å².